The molecule has 3 heterocycles. The Bertz CT molecular complexity index is 615. The Morgan fingerprint density at radius 3 is 2.78 bits per heavy atom. The van der Waals surface area contributed by atoms with Gasteiger partial charge in [0.25, 0.3) is 5.78 Å². The molecule has 3 rings (SSSR count). The van der Waals surface area contributed by atoms with E-state index in [1.54, 1.807) is 6.92 Å². The summed E-state index contributed by atoms with van der Waals surface area (Å²) in [5.41, 5.74) is 0.700. The number of aromatic nitrogens is 4. The van der Waals surface area contributed by atoms with Gasteiger partial charge in [0.2, 0.25) is 5.95 Å². The van der Waals surface area contributed by atoms with Gasteiger partial charge in [0.15, 0.2) is 0 Å². The molecule has 7 nitrogen and oxygen atoms in total. The first-order chi connectivity index (χ1) is 8.66. The zero-order valence-corrected chi connectivity index (χ0v) is 10.00. The van der Waals surface area contributed by atoms with Gasteiger partial charge in [0, 0.05) is 19.3 Å². The van der Waals surface area contributed by atoms with Crippen LogP contribution in [0.15, 0.2) is 6.20 Å². The summed E-state index contributed by atoms with van der Waals surface area (Å²) in [5.74, 6) is 0.0742. The Hall–Kier alpha value is -2.18. The van der Waals surface area contributed by atoms with E-state index in [1.807, 2.05) is 0 Å². The van der Waals surface area contributed by atoms with Crippen molar-refractivity contribution in [3.05, 3.63) is 17.5 Å². The molecule has 0 atom stereocenters. The van der Waals surface area contributed by atoms with Crippen LogP contribution in [0.25, 0.3) is 5.78 Å². The summed E-state index contributed by atoms with van der Waals surface area (Å²) >= 11 is 0. The van der Waals surface area contributed by atoms with Crippen LogP contribution in [0.1, 0.15) is 28.9 Å². The number of hydrogen-bond donors (Lipinski definition) is 1. The van der Waals surface area contributed by atoms with Crippen molar-refractivity contribution in [1.29, 1.82) is 0 Å². The maximum Gasteiger partial charge on any atom is 0.339 e. The molecule has 0 radical (unpaired) electrons. The van der Waals surface area contributed by atoms with Gasteiger partial charge in [0.05, 0.1) is 11.3 Å². The Labute approximate surface area is 103 Å². The summed E-state index contributed by atoms with van der Waals surface area (Å²) in [6, 6.07) is 0. The van der Waals surface area contributed by atoms with Gasteiger partial charge in [0.1, 0.15) is 0 Å². The van der Waals surface area contributed by atoms with Crippen LogP contribution < -0.4 is 4.90 Å². The van der Waals surface area contributed by atoms with Crippen molar-refractivity contribution in [1.82, 2.24) is 19.6 Å². The first-order valence-electron chi connectivity index (χ1n) is 5.87. The third-order valence-electron chi connectivity index (χ3n) is 3.21. The molecule has 1 aliphatic heterocycles. The quantitative estimate of drug-likeness (QED) is 0.842. The van der Waals surface area contributed by atoms with Gasteiger partial charge in [-0.2, -0.15) is 9.50 Å². The van der Waals surface area contributed by atoms with Crippen molar-refractivity contribution < 1.29 is 9.90 Å². The minimum Gasteiger partial charge on any atom is -0.478 e. The van der Waals surface area contributed by atoms with Gasteiger partial charge >= 0.3 is 5.97 Å². The summed E-state index contributed by atoms with van der Waals surface area (Å²) in [5, 5.41) is 13.4. The number of nitrogens with zero attached hydrogens (tertiary/aromatic N) is 5. The van der Waals surface area contributed by atoms with Crippen molar-refractivity contribution in [2.45, 2.75) is 19.8 Å². The van der Waals surface area contributed by atoms with E-state index in [2.05, 4.69) is 20.0 Å². The Morgan fingerprint density at radius 1 is 1.39 bits per heavy atom. The van der Waals surface area contributed by atoms with E-state index in [1.165, 1.54) is 10.7 Å². The third-order valence-corrected chi connectivity index (χ3v) is 3.21. The van der Waals surface area contributed by atoms with Crippen molar-refractivity contribution in [2.24, 2.45) is 0 Å². The van der Waals surface area contributed by atoms with E-state index in [9.17, 15) is 4.79 Å². The molecule has 0 bridgehead atoms. The highest BCUT2D eigenvalue weighted by molar-refractivity contribution is 5.88. The lowest BCUT2D eigenvalue weighted by molar-refractivity contribution is 0.0695. The van der Waals surface area contributed by atoms with E-state index in [0.717, 1.165) is 25.9 Å². The Morgan fingerprint density at radius 2 is 2.11 bits per heavy atom. The minimum atomic E-state index is -1.000. The summed E-state index contributed by atoms with van der Waals surface area (Å²) in [4.78, 5) is 21.5. The number of anilines is 1. The average molecular weight is 247 g/mol. The molecule has 1 saturated heterocycles. The van der Waals surface area contributed by atoms with Gasteiger partial charge < -0.3 is 10.0 Å². The second kappa shape index (κ2) is 3.94. The maximum absolute atomic E-state index is 11.0. The molecule has 1 aliphatic rings. The molecule has 18 heavy (non-hydrogen) atoms. The lowest BCUT2D eigenvalue weighted by Crippen LogP contribution is -2.19. The van der Waals surface area contributed by atoms with Crippen molar-refractivity contribution in [3.63, 3.8) is 0 Å². The van der Waals surface area contributed by atoms with Gasteiger partial charge in [-0.25, -0.2) is 9.78 Å². The fraction of sp³-hybridized carbons (Fsp3) is 0.455. The van der Waals surface area contributed by atoms with Crippen LogP contribution in [0.4, 0.5) is 5.95 Å². The zero-order chi connectivity index (χ0) is 12.7. The molecule has 0 saturated carbocycles. The van der Waals surface area contributed by atoms with Crippen LogP contribution in [0.5, 0.6) is 0 Å². The van der Waals surface area contributed by atoms with E-state index < -0.39 is 5.97 Å². The van der Waals surface area contributed by atoms with Crippen LogP contribution in [0.2, 0.25) is 0 Å². The number of rotatable bonds is 2. The van der Waals surface area contributed by atoms with Gasteiger partial charge in [-0.15, -0.1) is 5.10 Å². The highest BCUT2D eigenvalue weighted by Crippen LogP contribution is 2.17. The summed E-state index contributed by atoms with van der Waals surface area (Å²) in [6.07, 6.45) is 3.61. The molecule has 0 spiro atoms. The van der Waals surface area contributed by atoms with E-state index in [-0.39, 0.29) is 5.56 Å². The molecule has 1 fully saturated rings. The predicted octanol–water partition coefficient (Wildman–Crippen LogP) is 0.731. The highest BCUT2D eigenvalue weighted by atomic mass is 16.4. The maximum atomic E-state index is 11.0. The van der Waals surface area contributed by atoms with E-state index in [0.29, 0.717) is 17.4 Å². The largest absolute Gasteiger partial charge is 0.478 e. The fourth-order valence-electron chi connectivity index (χ4n) is 2.19. The molecule has 0 aromatic carbocycles. The average Bonchev–Trinajstić information content (AvgIpc) is 2.97. The van der Waals surface area contributed by atoms with Crippen LogP contribution in [-0.4, -0.2) is 43.7 Å². The molecular formula is C11H13N5O2. The number of carboxylic acids is 1. The van der Waals surface area contributed by atoms with E-state index in [4.69, 9.17) is 5.11 Å². The van der Waals surface area contributed by atoms with Crippen molar-refractivity contribution >= 4 is 17.7 Å². The molecule has 0 amide bonds. The van der Waals surface area contributed by atoms with E-state index >= 15 is 0 Å². The fourth-order valence-corrected chi connectivity index (χ4v) is 2.19. The molecule has 7 heteroatoms. The number of aryl methyl sites for hydroxylation is 1. The standard InChI is InChI=1S/C11H13N5O2/c1-7-8(9(17)18)6-12-10-13-11(14-16(7)10)15-4-2-3-5-15/h6H,2-5H2,1H3,(H,17,18). The number of carbonyl (C=O) groups is 1. The van der Waals surface area contributed by atoms with Gasteiger partial charge in [-0.05, 0) is 19.8 Å². The highest BCUT2D eigenvalue weighted by Gasteiger charge is 2.19. The summed E-state index contributed by atoms with van der Waals surface area (Å²) in [6.45, 7) is 3.60. The lowest BCUT2D eigenvalue weighted by atomic mass is 10.2. The van der Waals surface area contributed by atoms with Crippen molar-refractivity contribution in [2.75, 3.05) is 18.0 Å². The number of aromatic carboxylic acids is 1. The van der Waals surface area contributed by atoms with Crippen LogP contribution >= 0.6 is 0 Å². The number of fused-ring (bicyclic) bond motifs is 1. The zero-order valence-electron chi connectivity index (χ0n) is 10.00. The first kappa shape index (κ1) is 10.9. The minimum absolute atomic E-state index is 0.153. The molecular weight excluding hydrogens is 234 g/mol. The van der Waals surface area contributed by atoms with Gasteiger partial charge in [-0.3, -0.25) is 0 Å². The second-order valence-corrected chi connectivity index (χ2v) is 4.38. The Balaban J connectivity index is 2.11. The molecule has 0 aliphatic carbocycles. The normalized spacial score (nSPS) is 15.5. The van der Waals surface area contributed by atoms with Crippen LogP contribution in [0.3, 0.4) is 0 Å². The lowest BCUT2D eigenvalue weighted by Gasteiger charge is -2.10. The number of hydrogen-bond acceptors (Lipinski definition) is 5. The molecule has 94 valence electrons. The predicted molar refractivity (Wildman–Crippen MR) is 63.9 cm³/mol. The monoisotopic (exact) mass is 247 g/mol. The third kappa shape index (κ3) is 1.59. The van der Waals surface area contributed by atoms with Crippen molar-refractivity contribution in [3.8, 4) is 0 Å². The molecule has 1 N–H and O–H groups in total. The smallest absolute Gasteiger partial charge is 0.339 e. The van der Waals surface area contributed by atoms with Gasteiger partial charge in [-0.1, -0.05) is 0 Å². The number of carboxylic acid groups (broad SMARTS) is 1. The summed E-state index contributed by atoms with van der Waals surface area (Å²) < 4.78 is 1.50. The van der Waals surface area contributed by atoms with Crippen LogP contribution in [-0.2, 0) is 0 Å². The second-order valence-electron chi connectivity index (χ2n) is 4.38. The summed E-state index contributed by atoms with van der Waals surface area (Å²) in [7, 11) is 0. The molecule has 2 aromatic heterocycles. The molecule has 0 unspecified atom stereocenters. The van der Waals surface area contributed by atoms with Crippen LogP contribution in [0, 0.1) is 6.92 Å². The molecule has 2 aromatic rings. The SMILES string of the molecule is Cc1c(C(=O)O)cnc2nc(N3CCCC3)nn12. The first-order valence-corrected chi connectivity index (χ1v) is 5.87. The topological polar surface area (TPSA) is 83.6 Å². The Kier molecular flexibility index (Phi) is 2.39.